The molecule has 0 unspecified atom stereocenters. The van der Waals surface area contributed by atoms with Crippen LogP contribution in [-0.2, 0) is 16.1 Å². The van der Waals surface area contributed by atoms with Gasteiger partial charge in [0.05, 0.1) is 6.61 Å². The van der Waals surface area contributed by atoms with E-state index in [9.17, 15) is 20.1 Å². The number of amides is 1. The average Bonchev–Trinajstić information content (AvgIpc) is 2.97. The Bertz CT molecular complexity index is 752. The molecule has 0 saturated carbocycles. The SMILES string of the molecule is CCCCCCCCCCCCCCCCCCN[C@@H]1O[C@H](CO)[C@H](O)[C@H](O)[C@@H]1NC(=O)OCc1ccccc1. The van der Waals surface area contributed by atoms with Crippen molar-refractivity contribution in [1.82, 2.24) is 10.6 Å². The number of hydrogen-bond donors (Lipinski definition) is 5. The second kappa shape index (κ2) is 22.0. The molecule has 2 rings (SSSR count). The molecule has 1 aromatic carbocycles. The molecule has 0 aromatic heterocycles. The molecule has 5 N–H and O–H groups in total. The lowest BCUT2D eigenvalue weighted by atomic mass is 9.96. The van der Waals surface area contributed by atoms with E-state index in [-0.39, 0.29) is 6.61 Å². The number of aliphatic hydroxyl groups excluding tert-OH is 3. The van der Waals surface area contributed by atoms with E-state index in [0.717, 1.165) is 18.4 Å². The first-order valence-electron chi connectivity index (χ1n) is 15.9. The molecular formula is C32H56N2O6. The van der Waals surface area contributed by atoms with Gasteiger partial charge in [0, 0.05) is 0 Å². The molecule has 1 saturated heterocycles. The van der Waals surface area contributed by atoms with E-state index in [1.165, 1.54) is 89.9 Å². The summed E-state index contributed by atoms with van der Waals surface area (Å²) < 4.78 is 11.1. The minimum Gasteiger partial charge on any atom is -0.445 e. The number of alkyl carbamates (subject to hydrolysis) is 1. The van der Waals surface area contributed by atoms with Crippen molar-refractivity contribution in [3.8, 4) is 0 Å². The topological polar surface area (TPSA) is 120 Å². The van der Waals surface area contributed by atoms with E-state index < -0.39 is 43.3 Å². The lowest BCUT2D eigenvalue weighted by Gasteiger charge is -2.42. The van der Waals surface area contributed by atoms with E-state index in [1.54, 1.807) is 0 Å². The van der Waals surface area contributed by atoms with Crippen LogP contribution in [0.5, 0.6) is 0 Å². The molecular weight excluding hydrogens is 508 g/mol. The second-order valence-corrected chi connectivity index (χ2v) is 11.2. The molecule has 0 bridgehead atoms. The fourth-order valence-corrected chi connectivity index (χ4v) is 5.27. The van der Waals surface area contributed by atoms with Gasteiger partial charge in [-0.3, -0.25) is 5.32 Å². The summed E-state index contributed by atoms with van der Waals surface area (Å²) in [7, 11) is 0. The van der Waals surface area contributed by atoms with Crippen LogP contribution in [0, 0.1) is 0 Å². The van der Waals surface area contributed by atoms with Gasteiger partial charge in [-0.25, -0.2) is 4.79 Å². The molecule has 1 aliphatic rings. The number of ether oxygens (including phenoxy) is 2. The van der Waals surface area contributed by atoms with Crippen LogP contribution in [0.15, 0.2) is 30.3 Å². The Morgan fingerprint density at radius 1 is 0.800 bits per heavy atom. The zero-order valence-corrected chi connectivity index (χ0v) is 24.8. The van der Waals surface area contributed by atoms with Crippen molar-refractivity contribution in [1.29, 1.82) is 0 Å². The first-order valence-corrected chi connectivity index (χ1v) is 15.9. The Morgan fingerprint density at radius 3 is 1.85 bits per heavy atom. The zero-order chi connectivity index (χ0) is 28.8. The summed E-state index contributed by atoms with van der Waals surface area (Å²) in [4.78, 5) is 12.4. The third-order valence-electron chi connectivity index (χ3n) is 7.80. The molecule has 1 aromatic rings. The first kappa shape index (κ1) is 34.5. The summed E-state index contributed by atoms with van der Waals surface area (Å²) in [5.41, 5.74) is 0.844. The first-order chi connectivity index (χ1) is 19.6. The van der Waals surface area contributed by atoms with Crippen LogP contribution in [0.3, 0.4) is 0 Å². The van der Waals surface area contributed by atoms with Crippen molar-refractivity contribution < 1.29 is 29.6 Å². The predicted molar refractivity (Wildman–Crippen MR) is 159 cm³/mol. The number of aliphatic hydroxyl groups is 3. The van der Waals surface area contributed by atoms with Crippen molar-refractivity contribution in [2.75, 3.05) is 13.2 Å². The highest BCUT2D eigenvalue weighted by molar-refractivity contribution is 5.67. The van der Waals surface area contributed by atoms with Crippen molar-refractivity contribution in [2.45, 2.75) is 147 Å². The largest absolute Gasteiger partial charge is 0.445 e. The Morgan fingerprint density at radius 2 is 1.32 bits per heavy atom. The van der Waals surface area contributed by atoms with Crippen LogP contribution in [0.2, 0.25) is 0 Å². The molecule has 8 nitrogen and oxygen atoms in total. The predicted octanol–water partition coefficient (Wildman–Crippen LogP) is 5.57. The number of unbranched alkanes of at least 4 members (excludes halogenated alkanes) is 15. The molecule has 1 heterocycles. The molecule has 1 fully saturated rings. The van der Waals surface area contributed by atoms with Gasteiger partial charge in [-0.05, 0) is 18.5 Å². The number of hydrogen-bond acceptors (Lipinski definition) is 7. The summed E-state index contributed by atoms with van der Waals surface area (Å²) in [5.74, 6) is 0. The molecule has 8 heteroatoms. The Balaban J connectivity index is 1.56. The van der Waals surface area contributed by atoms with Gasteiger partial charge in [-0.15, -0.1) is 0 Å². The highest BCUT2D eigenvalue weighted by Gasteiger charge is 2.45. The van der Waals surface area contributed by atoms with E-state index in [2.05, 4.69) is 17.6 Å². The van der Waals surface area contributed by atoms with Gasteiger partial charge in [-0.2, -0.15) is 0 Å². The lowest BCUT2D eigenvalue weighted by Crippen LogP contribution is -2.67. The molecule has 230 valence electrons. The van der Waals surface area contributed by atoms with Gasteiger partial charge in [0.15, 0.2) is 0 Å². The van der Waals surface area contributed by atoms with Gasteiger partial charge in [-0.1, -0.05) is 134 Å². The van der Waals surface area contributed by atoms with Crippen LogP contribution in [0.1, 0.15) is 115 Å². The maximum absolute atomic E-state index is 12.4. The number of nitrogens with one attached hydrogen (secondary N) is 2. The lowest BCUT2D eigenvalue weighted by molar-refractivity contribution is -0.200. The monoisotopic (exact) mass is 564 g/mol. The van der Waals surface area contributed by atoms with Crippen LogP contribution in [-0.4, -0.2) is 65.1 Å². The van der Waals surface area contributed by atoms with E-state index in [1.807, 2.05) is 30.3 Å². The minimum absolute atomic E-state index is 0.0927. The maximum Gasteiger partial charge on any atom is 0.407 e. The van der Waals surface area contributed by atoms with Gasteiger partial charge >= 0.3 is 6.09 Å². The highest BCUT2D eigenvalue weighted by atomic mass is 16.6. The Hall–Kier alpha value is -1.71. The average molecular weight is 565 g/mol. The van der Waals surface area contributed by atoms with E-state index >= 15 is 0 Å². The van der Waals surface area contributed by atoms with Gasteiger partial charge in [0.25, 0.3) is 0 Å². The fourth-order valence-electron chi connectivity index (χ4n) is 5.27. The minimum atomic E-state index is -1.32. The summed E-state index contributed by atoms with van der Waals surface area (Å²) in [6, 6.07) is 8.39. The molecule has 0 spiro atoms. The standard InChI is InChI=1S/C32H56N2O6/c1-2-3-4-5-6-7-8-9-10-11-12-13-14-15-16-20-23-33-31-28(30(37)29(36)27(24-35)40-31)34-32(38)39-25-26-21-18-17-19-22-26/h17-19,21-22,27-31,33,35-37H,2-16,20,23-25H2,1H3,(H,34,38)/t27-,28+,29+,30-,31-/m1/s1. The van der Waals surface area contributed by atoms with Crippen molar-refractivity contribution in [3.05, 3.63) is 35.9 Å². The number of carbonyl (C=O) groups excluding carboxylic acids is 1. The second-order valence-electron chi connectivity index (χ2n) is 11.2. The van der Waals surface area contributed by atoms with Crippen LogP contribution in [0.25, 0.3) is 0 Å². The quantitative estimate of drug-likeness (QED) is 0.117. The molecule has 1 aliphatic heterocycles. The van der Waals surface area contributed by atoms with Crippen LogP contribution < -0.4 is 10.6 Å². The maximum atomic E-state index is 12.4. The van der Waals surface area contributed by atoms with Gasteiger partial charge in [0.2, 0.25) is 0 Å². The zero-order valence-electron chi connectivity index (χ0n) is 24.8. The number of benzene rings is 1. The summed E-state index contributed by atoms with van der Waals surface area (Å²) in [6.45, 7) is 2.57. The van der Waals surface area contributed by atoms with Gasteiger partial charge in [0.1, 0.15) is 37.2 Å². The normalized spacial score (nSPS) is 22.8. The third kappa shape index (κ3) is 14.3. The van der Waals surface area contributed by atoms with Gasteiger partial charge < -0.3 is 30.1 Å². The smallest absolute Gasteiger partial charge is 0.407 e. The number of carbonyl (C=O) groups is 1. The van der Waals surface area contributed by atoms with Crippen molar-refractivity contribution in [3.63, 3.8) is 0 Å². The molecule has 0 radical (unpaired) electrons. The Kier molecular flexibility index (Phi) is 18.9. The van der Waals surface area contributed by atoms with Crippen molar-refractivity contribution >= 4 is 6.09 Å². The van der Waals surface area contributed by atoms with Crippen molar-refractivity contribution in [2.24, 2.45) is 0 Å². The number of rotatable bonds is 22. The Labute approximate surface area is 242 Å². The molecule has 1 amide bonds. The van der Waals surface area contributed by atoms with Crippen LogP contribution >= 0.6 is 0 Å². The van der Waals surface area contributed by atoms with E-state index in [0.29, 0.717) is 6.54 Å². The summed E-state index contributed by atoms with van der Waals surface area (Å²) >= 11 is 0. The summed E-state index contributed by atoms with van der Waals surface area (Å²) in [6.07, 6.45) is 15.8. The summed E-state index contributed by atoms with van der Waals surface area (Å²) in [5, 5.41) is 36.4. The molecule has 40 heavy (non-hydrogen) atoms. The third-order valence-corrected chi connectivity index (χ3v) is 7.80. The molecule has 5 atom stereocenters. The fraction of sp³-hybridized carbons (Fsp3) is 0.781. The van der Waals surface area contributed by atoms with E-state index in [4.69, 9.17) is 9.47 Å². The molecule has 0 aliphatic carbocycles. The van der Waals surface area contributed by atoms with Crippen LogP contribution in [0.4, 0.5) is 4.79 Å². The highest BCUT2D eigenvalue weighted by Crippen LogP contribution is 2.21.